The molecule has 0 spiro atoms. The lowest BCUT2D eigenvalue weighted by Gasteiger charge is -2.31. The number of nitrogens with one attached hydrogen (secondary N) is 1. The highest BCUT2D eigenvalue weighted by Crippen LogP contribution is 2.26. The van der Waals surface area contributed by atoms with E-state index in [0.717, 1.165) is 42.9 Å². The zero-order chi connectivity index (χ0) is 18.7. The highest BCUT2D eigenvalue weighted by Gasteiger charge is 2.29. The molecule has 7 heteroatoms. The van der Waals surface area contributed by atoms with Crippen LogP contribution in [0.25, 0.3) is 0 Å². The number of fused-ring (bicyclic) bond motifs is 1. The Hall–Kier alpha value is -2.12. The molecule has 0 saturated heterocycles. The summed E-state index contributed by atoms with van der Waals surface area (Å²) in [5, 5.41) is 7.42. The van der Waals surface area contributed by atoms with E-state index in [-0.39, 0.29) is 5.91 Å². The molecule has 1 aliphatic rings. The van der Waals surface area contributed by atoms with Crippen LogP contribution in [-0.4, -0.2) is 53.9 Å². The van der Waals surface area contributed by atoms with Crippen molar-refractivity contribution in [1.82, 2.24) is 20.0 Å². The number of hydrogen-bond donors (Lipinski definition) is 1. The summed E-state index contributed by atoms with van der Waals surface area (Å²) >= 11 is 0. The van der Waals surface area contributed by atoms with Crippen LogP contribution in [0.3, 0.4) is 0 Å². The number of hydrogen-bond acceptors (Lipinski definition) is 5. The molecule has 7 nitrogen and oxygen atoms in total. The normalized spacial score (nSPS) is 16.7. The summed E-state index contributed by atoms with van der Waals surface area (Å²) < 4.78 is 12.6. The maximum atomic E-state index is 12.7. The van der Waals surface area contributed by atoms with Crippen molar-refractivity contribution in [3.8, 4) is 0 Å². The summed E-state index contributed by atoms with van der Waals surface area (Å²) in [6.07, 6.45) is 2.84. The Morgan fingerprint density at radius 3 is 3.00 bits per heavy atom. The summed E-state index contributed by atoms with van der Waals surface area (Å²) in [5.41, 5.74) is 2.78. The number of aryl methyl sites for hydroxylation is 2. The first kappa shape index (κ1) is 18.7. The molecule has 142 valence electrons. The quantitative estimate of drug-likeness (QED) is 0.813. The van der Waals surface area contributed by atoms with Gasteiger partial charge in [-0.15, -0.1) is 0 Å². The molecule has 1 amide bonds. The Morgan fingerprint density at radius 1 is 1.50 bits per heavy atom. The minimum Gasteiger partial charge on any atom is -0.465 e. The van der Waals surface area contributed by atoms with Gasteiger partial charge in [0.25, 0.3) is 5.91 Å². The van der Waals surface area contributed by atoms with E-state index in [1.165, 1.54) is 5.69 Å². The van der Waals surface area contributed by atoms with Gasteiger partial charge in [-0.05, 0) is 45.4 Å². The van der Waals surface area contributed by atoms with Crippen LogP contribution in [-0.2, 0) is 31.2 Å². The summed E-state index contributed by atoms with van der Waals surface area (Å²) in [4.78, 5) is 15.0. The molecule has 0 aromatic carbocycles. The molecule has 2 heterocycles. The number of amides is 1. The van der Waals surface area contributed by atoms with Gasteiger partial charge in [0.1, 0.15) is 11.5 Å². The molecule has 0 saturated carbocycles. The monoisotopic (exact) mass is 360 g/mol. The Balaban J connectivity index is 1.70. The molecular weight excluding hydrogens is 332 g/mol. The van der Waals surface area contributed by atoms with Crippen molar-refractivity contribution >= 4 is 5.91 Å². The number of nitrogens with zero attached hydrogens (tertiary/aromatic N) is 3. The molecule has 0 fully saturated rings. The second kappa shape index (κ2) is 8.05. The fourth-order valence-electron chi connectivity index (χ4n) is 3.58. The Labute approximate surface area is 154 Å². The average Bonchev–Trinajstić information content (AvgIpc) is 3.20. The summed E-state index contributed by atoms with van der Waals surface area (Å²) in [6, 6.07) is 4.18. The van der Waals surface area contributed by atoms with Crippen LogP contribution in [0, 0.1) is 6.92 Å². The van der Waals surface area contributed by atoms with Crippen LogP contribution in [0.4, 0.5) is 0 Å². The average molecular weight is 360 g/mol. The molecule has 0 radical (unpaired) electrons. The standard InChI is InChI=1S/C19H28N4O3/c1-13-5-7-15(26-13)12-20-19(24)18-16-11-14(22(2)9-10-25-4)6-8-17(16)23(3)21-18/h5,7,14H,6,8-12H2,1-4H3,(H,20,24). The van der Waals surface area contributed by atoms with Crippen molar-refractivity contribution < 1.29 is 13.9 Å². The second-order valence-corrected chi connectivity index (χ2v) is 6.96. The van der Waals surface area contributed by atoms with E-state index in [1.807, 2.05) is 30.8 Å². The van der Waals surface area contributed by atoms with Gasteiger partial charge in [0.05, 0.1) is 13.2 Å². The highest BCUT2D eigenvalue weighted by atomic mass is 16.5. The number of methoxy groups -OCH3 is 1. The molecule has 26 heavy (non-hydrogen) atoms. The highest BCUT2D eigenvalue weighted by molar-refractivity contribution is 5.94. The number of likely N-dealkylation sites (N-methyl/N-ethyl adjacent to an activating group) is 1. The third-order valence-electron chi connectivity index (χ3n) is 5.13. The largest absolute Gasteiger partial charge is 0.465 e. The summed E-state index contributed by atoms with van der Waals surface area (Å²) in [7, 11) is 5.75. The molecule has 1 N–H and O–H groups in total. The van der Waals surface area contributed by atoms with Crippen molar-refractivity contribution in [2.45, 2.75) is 38.8 Å². The van der Waals surface area contributed by atoms with Gasteiger partial charge in [-0.1, -0.05) is 0 Å². The van der Waals surface area contributed by atoms with E-state index in [0.29, 0.717) is 24.9 Å². The minimum absolute atomic E-state index is 0.143. The molecule has 0 aliphatic heterocycles. The van der Waals surface area contributed by atoms with Crippen molar-refractivity contribution in [3.63, 3.8) is 0 Å². The topological polar surface area (TPSA) is 72.5 Å². The second-order valence-electron chi connectivity index (χ2n) is 6.96. The molecule has 0 bridgehead atoms. The van der Waals surface area contributed by atoms with Crippen molar-refractivity contribution in [1.29, 1.82) is 0 Å². The zero-order valence-corrected chi connectivity index (χ0v) is 16.0. The SMILES string of the molecule is COCCN(C)C1CCc2c(c(C(=O)NCc3ccc(C)o3)nn2C)C1. The Bertz CT molecular complexity index is 765. The van der Waals surface area contributed by atoms with Crippen molar-refractivity contribution in [3.05, 3.63) is 40.6 Å². The molecule has 1 atom stereocenters. The molecule has 1 aliphatic carbocycles. The molecule has 1 unspecified atom stereocenters. The lowest BCUT2D eigenvalue weighted by Crippen LogP contribution is -2.39. The molecule has 2 aromatic heterocycles. The van der Waals surface area contributed by atoms with Crippen LogP contribution >= 0.6 is 0 Å². The van der Waals surface area contributed by atoms with E-state index >= 15 is 0 Å². The van der Waals surface area contributed by atoms with Crippen LogP contribution in [0.15, 0.2) is 16.5 Å². The summed E-state index contributed by atoms with van der Waals surface area (Å²) in [6.45, 7) is 3.86. The van der Waals surface area contributed by atoms with E-state index in [4.69, 9.17) is 9.15 Å². The number of aromatic nitrogens is 2. The smallest absolute Gasteiger partial charge is 0.272 e. The van der Waals surface area contributed by atoms with Gasteiger partial charge in [-0.2, -0.15) is 5.10 Å². The Morgan fingerprint density at radius 2 is 2.31 bits per heavy atom. The first-order chi connectivity index (χ1) is 12.5. The molecule has 2 aromatic rings. The van der Waals surface area contributed by atoms with Gasteiger partial charge in [-0.3, -0.25) is 9.48 Å². The van der Waals surface area contributed by atoms with Gasteiger partial charge in [0.15, 0.2) is 5.69 Å². The number of carbonyl (C=O) groups is 1. The van der Waals surface area contributed by atoms with Crippen LogP contribution < -0.4 is 5.32 Å². The predicted molar refractivity (Wildman–Crippen MR) is 98.1 cm³/mol. The van der Waals surface area contributed by atoms with Crippen LogP contribution in [0.2, 0.25) is 0 Å². The maximum absolute atomic E-state index is 12.7. The third-order valence-corrected chi connectivity index (χ3v) is 5.13. The van der Waals surface area contributed by atoms with E-state index in [9.17, 15) is 4.79 Å². The fraction of sp³-hybridized carbons (Fsp3) is 0.579. The lowest BCUT2D eigenvalue weighted by molar-refractivity contribution is 0.0940. The van der Waals surface area contributed by atoms with E-state index < -0.39 is 0 Å². The lowest BCUT2D eigenvalue weighted by atomic mass is 9.90. The Kier molecular flexibility index (Phi) is 5.78. The van der Waals surface area contributed by atoms with Crippen molar-refractivity contribution in [2.75, 3.05) is 27.3 Å². The van der Waals surface area contributed by atoms with Gasteiger partial charge in [0, 0.05) is 38.0 Å². The number of furan rings is 1. The van der Waals surface area contributed by atoms with Crippen LogP contribution in [0.5, 0.6) is 0 Å². The number of rotatable bonds is 7. The third kappa shape index (κ3) is 3.99. The van der Waals surface area contributed by atoms with Gasteiger partial charge in [-0.25, -0.2) is 0 Å². The predicted octanol–water partition coefficient (Wildman–Crippen LogP) is 1.69. The van der Waals surface area contributed by atoms with E-state index in [2.05, 4.69) is 22.4 Å². The first-order valence-corrected chi connectivity index (χ1v) is 9.07. The van der Waals surface area contributed by atoms with Crippen LogP contribution in [0.1, 0.15) is 39.7 Å². The van der Waals surface area contributed by atoms with Gasteiger partial charge >= 0.3 is 0 Å². The maximum Gasteiger partial charge on any atom is 0.272 e. The minimum atomic E-state index is -0.143. The fourth-order valence-corrected chi connectivity index (χ4v) is 3.58. The molecular formula is C19H28N4O3. The van der Waals surface area contributed by atoms with Crippen molar-refractivity contribution in [2.24, 2.45) is 7.05 Å². The number of carbonyl (C=O) groups excluding carboxylic acids is 1. The number of ether oxygens (including phenoxy) is 1. The van der Waals surface area contributed by atoms with E-state index in [1.54, 1.807) is 7.11 Å². The summed E-state index contributed by atoms with van der Waals surface area (Å²) in [5.74, 6) is 1.44. The zero-order valence-electron chi connectivity index (χ0n) is 16.0. The van der Waals surface area contributed by atoms with Gasteiger partial charge in [0.2, 0.25) is 0 Å². The first-order valence-electron chi connectivity index (χ1n) is 9.07. The molecule has 3 rings (SSSR count). The van der Waals surface area contributed by atoms with Gasteiger partial charge < -0.3 is 19.4 Å².